The van der Waals surface area contributed by atoms with E-state index in [2.05, 4.69) is 54.8 Å². The highest BCUT2D eigenvalue weighted by Gasteiger charge is 2.22. The van der Waals surface area contributed by atoms with Gasteiger partial charge in [-0.3, -0.25) is 14.1 Å². The van der Waals surface area contributed by atoms with E-state index < -0.39 is 32.5 Å². The topological polar surface area (TPSA) is 119 Å². The zero-order chi connectivity index (χ0) is 36.1. The summed E-state index contributed by atoms with van der Waals surface area (Å²) in [7, 11) is -4.76. The molecule has 49 heavy (non-hydrogen) atoms. The Labute approximate surface area is 300 Å². The van der Waals surface area contributed by atoms with Gasteiger partial charge in [0.1, 0.15) is 6.61 Å². The average Bonchev–Trinajstić information content (AvgIpc) is 3.07. The first-order chi connectivity index (χ1) is 23.8. The summed E-state index contributed by atoms with van der Waals surface area (Å²) in [6, 6.07) is 0. The number of carbonyl (C=O) groups excluding carboxylic acids is 2. The van der Waals surface area contributed by atoms with E-state index in [1.807, 2.05) is 0 Å². The van der Waals surface area contributed by atoms with Gasteiger partial charge in [-0.1, -0.05) is 159 Å². The van der Waals surface area contributed by atoms with Crippen LogP contribution in [0.1, 0.15) is 187 Å². The van der Waals surface area contributed by atoms with Crippen LogP contribution in [0.25, 0.3) is 0 Å². The Balaban J connectivity index is 3.99. The lowest BCUT2D eigenvalue weighted by molar-refractivity contribution is -0.161. The van der Waals surface area contributed by atoms with Gasteiger partial charge < -0.3 is 19.3 Å². The van der Waals surface area contributed by atoms with E-state index in [-0.39, 0.29) is 19.4 Å². The molecule has 1 atom stereocenters. The Morgan fingerprint density at radius 1 is 0.531 bits per heavy atom. The first kappa shape index (κ1) is 47.3. The average molecular weight is 713 g/mol. The maximum atomic E-state index is 12.4. The maximum absolute atomic E-state index is 12.4. The van der Waals surface area contributed by atoms with Crippen LogP contribution in [0.15, 0.2) is 36.5 Å². The van der Waals surface area contributed by atoms with Crippen LogP contribution in [0.2, 0.25) is 0 Å². The van der Waals surface area contributed by atoms with Gasteiger partial charge in [-0.05, 0) is 51.4 Å². The van der Waals surface area contributed by atoms with Gasteiger partial charge in [-0.25, -0.2) is 4.57 Å². The second-order valence-electron chi connectivity index (χ2n) is 13.3. The molecule has 0 amide bonds. The third-order valence-corrected chi connectivity index (χ3v) is 8.90. The molecule has 0 aromatic heterocycles. The second kappa shape index (κ2) is 36.1. The van der Waals surface area contributed by atoms with Gasteiger partial charge in [0.2, 0.25) is 0 Å². The van der Waals surface area contributed by atoms with Crippen LogP contribution >= 0.6 is 7.82 Å². The predicted octanol–water partition coefficient (Wildman–Crippen LogP) is 11.8. The highest BCUT2D eigenvalue weighted by Crippen LogP contribution is 2.36. The molecule has 0 aliphatic heterocycles. The minimum absolute atomic E-state index is 0.188. The molecule has 0 saturated carbocycles. The zero-order valence-corrected chi connectivity index (χ0v) is 32.2. The Kier molecular flexibility index (Phi) is 34.8. The van der Waals surface area contributed by atoms with Crippen LogP contribution in [0.3, 0.4) is 0 Å². The molecule has 8 nitrogen and oxygen atoms in total. The van der Waals surface area contributed by atoms with Gasteiger partial charge in [0.25, 0.3) is 0 Å². The molecule has 9 heteroatoms. The molecule has 0 aliphatic rings. The lowest BCUT2D eigenvalue weighted by atomic mass is 10.0. The van der Waals surface area contributed by atoms with E-state index in [0.717, 1.165) is 57.8 Å². The maximum Gasteiger partial charge on any atom is 0.469 e. The summed E-state index contributed by atoms with van der Waals surface area (Å²) < 4.78 is 26.3. The molecule has 0 unspecified atom stereocenters. The monoisotopic (exact) mass is 713 g/mol. The largest absolute Gasteiger partial charge is 0.469 e. The summed E-state index contributed by atoms with van der Waals surface area (Å²) in [5.74, 6) is -0.906. The van der Waals surface area contributed by atoms with Crippen molar-refractivity contribution in [3.05, 3.63) is 36.5 Å². The summed E-state index contributed by atoms with van der Waals surface area (Å²) in [5, 5.41) is 0. The predicted molar refractivity (Wildman–Crippen MR) is 202 cm³/mol. The molecule has 0 saturated heterocycles. The number of ether oxygens (including phenoxy) is 2. The van der Waals surface area contributed by atoms with Gasteiger partial charge in [0.15, 0.2) is 6.10 Å². The molecule has 0 spiro atoms. The van der Waals surface area contributed by atoms with Crippen molar-refractivity contribution in [1.82, 2.24) is 0 Å². The summed E-state index contributed by atoms with van der Waals surface area (Å²) in [5.41, 5.74) is 0. The van der Waals surface area contributed by atoms with E-state index in [9.17, 15) is 14.2 Å². The van der Waals surface area contributed by atoms with Crippen molar-refractivity contribution in [1.29, 1.82) is 0 Å². The van der Waals surface area contributed by atoms with Crippen molar-refractivity contribution < 1.29 is 37.9 Å². The van der Waals surface area contributed by atoms with Crippen molar-refractivity contribution >= 4 is 19.8 Å². The quantitative estimate of drug-likeness (QED) is 0.0285. The van der Waals surface area contributed by atoms with Gasteiger partial charge in [0, 0.05) is 12.8 Å². The molecule has 286 valence electrons. The number of esters is 2. The van der Waals surface area contributed by atoms with E-state index in [1.165, 1.54) is 96.3 Å². The molecule has 0 heterocycles. The standard InChI is InChI=1S/C40H73O8P/c1-3-5-7-9-11-13-15-17-19-20-21-23-25-27-29-31-33-35-40(42)48-38(37-47-49(43,44)45)36-46-39(41)34-32-30-28-26-24-22-18-16-14-12-10-8-6-4-2/h11,13,17,19,21,23,38H,3-10,12,14-16,18,20,22,24-37H2,1-2H3,(H2,43,44,45)/b13-11+,19-17+,23-21+/t38-/m1/s1. The fourth-order valence-electron chi connectivity index (χ4n) is 5.44. The minimum Gasteiger partial charge on any atom is -0.462 e. The molecule has 2 N–H and O–H groups in total. The fourth-order valence-corrected chi connectivity index (χ4v) is 5.80. The highest BCUT2D eigenvalue weighted by molar-refractivity contribution is 7.46. The number of phosphoric ester groups is 1. The summed E-state index contributed by atoms with van der Waals surface area (Å²) in [6.07, 6.45) is 41.4. The molecule has 0 fully saturated rings. The van der Waals surface area contributed by atoms with Crippen LogP contribution < -0.4 is 0 Å². The van der Waals surface area contributed by atoms with Crippen LogP contribution in [0, 0.1) is 0 Å². The lowest BCUT2D eigenvalue weighted by Crippen LogP contribution is -2.29. The summed E-state index contributed by atoms with van der Waals surface area (Å²) >= 11 is 0. The van der Waals surface area contributed by atoms with E-state index >= 15 is 0 Å². The normalized spacial score (nSPS) is 12.8. The number of carbonyl (C=O) groups is 2. The zero-order valence-electron chi connectivity index (χ0n) is 31.3. The number of allylic oxidation sites excluding steroid dienone is 6. The van der Waals surface area contributed by atoms with Crippen molar-refractivity contribution in [3.8, 4) is 0 Å². The van der Waals surface area contributed by atoms with Crippen molar-refractivity contribution in [2.24, 2.45) is 0 Å². The molecule has 0 rings (SSSR count). The van der Waals surface area contributed by atoms with E-state index in [1.54, 1.807) is 0 Å². The van der Waals surface area contributed by atoms with Crippen molar-refractivity contribution in [3.63, 3.8) is 0 Å². The third kappa shape index (κ3) is 38.9. The molecule has 0 radical (unpaired) electrons. The van der Waals surface area contributed by atoms with Gasteiger partial charge in [-0.2, -0.15) is 0 Å². The molecular formula is C40H73O8P. The van der Waals surface area contributed by atoms with E-state index in [4.69, 9.17) is 19.3 Å². The van der Waals surface area contributed by atoms with Crippen molar-refractivity contribution in [2.45, 2.75) is 193 Å². The molecule has 0 aromatic rings. The van der Waals surface area contributed by atoms with Crippen LogP contribution in [-0.4, -0.2) is 41.0 Å². The number of hydrogen-bond donors (Lipinski definition) is 2. The van der Waals surface area contributed by atoms with Crippen LogP contribution in [0.4, 0.5) is 0 Å². The Morgan fingerprint density at radius 2 is 0.918 bits per heavy atom. The molecular weight excluding hydrogens is 639 g/mol. The third-order valence-electron chi connectivity index (χ3n) is 8.41. The molecule has 0 aliphatic carbocycles. The van der Waals surface area contributed by atoms with E-state index in [0.29, 0.717) is 6.42 Å². The second-order valence-corrected chi connectivity index (χ2v) is 14.5. The Morgan fingerprint density at radius 3 is 1.41 bits per heavy atom. The van der Waals surface area contributed by atoms with Gasteiger partial charge in [-0.15, -0.1) is 0 Å². The Hall–Kier alpha value is -1.73. The molecule has 0 bridgehead atoms. The summed E-state index contributed by atoms with van der Waals surface area (Å²) in [6.45, 7) is 3.64. The van der Waals surface area contributed by atoms with Gasteiger partial charge >= 0.3 is 19.8 Å². The SMILES string of the molecule is CCCCC/C=C/C/C=C/C/C=C/CCCCCCC(=O)O[C@H](COC(=O)CCCCCCCCCCCCCCCC)COP(=O)(O)O. The number of phosphoric acid groups is 1. The highest BCUT2D eigenvalue weighted by atomic mass is 31.2. The lowest BCUT2D eigenvalue weighted by Gasteiger charge is -2.18. The number of unbranched alkanes of at least 4 members (excludes halogenated alkanes) is 20. The van der Waals surface area contributed by atoms with Crippen molar-refractivity contribution in [2.75, 3.05) is 13.2 Å². The smallest absolute Gasteiger partial charge is 0.462 e. The number of hydrogen-bond acceptors (Lipinski definition) is 6. The Bertz CT molecular complexity index is 895. The number of rotatable bonds is 36. The first-order valence-electron chi connectivity index (χ1n) is 19.8. The van der Waals surface area contributed by atoms with Gasteiger partial charge in [0.05, 0.1) is 6.61 Å². The molecule has 0 aromatic carbocycles. The summed E-state index contributed by atoms with van der Waals surface area (Å²) in [4.78, 5) is 42.7. The minimum atomic E-state index is -4.76. The van der Waals surface area contributed by atoms with Crippen LogP contribution in [-0.2, 0) is 28.2 Å². The van der Waals surface area contributed by atoms with Crippen LogP contribution in [0.5, 0.6) is 0 Å². The fraction of sp³-hybridized carbons (Fsp3) is 0.800. The first-order valence-corrected chi connectivity index (χ1v) is 21.3.